The number of imidazole rings is 1. The molecule has 4 aromatic rings. The lowest BCUT2D eigenvalue weighted by atomic mass is 10.2. The van der Waals surface area contributed by atoms with Crippen LogP contribution in [-0.4, -0.2) is 50.4 Å². The molecule has 2 aromatic carbocycles. The molecule has 0 atom stereocenters. The first kappa shape index (κ1) is 26.2. The van der Waals surface area contributed by atoms with E-state index in [-0.39, 0.29) is 35.6 Å². The number of fused-ring (bicyclic) bond motifs is 1. The predicted octanol–water partition coefficient (Wildman–Crippen LogP) is 1.36. The molecule has 0 spiro atoms. The second kappa shape index (κ2) is 9.88. The van der Waals surface area contributed by atoms with E-state index in [0.29, 0.717) is 20.2 Å². The molecule has 15 heteroatoms. The normalized spacial score (nSPS) is 11.7. The summed E-state index contributed by atoms with van der Waals surface area (Å²) in [5, 5.41) is 8.75. The quantitative estimate of drug-likeness (QED) is 0.361. The average molecular weight is 555 g/mol. The van der Waals surface area contributed by atoms with Crippen molar-refractivity contribution < 1.29 is 31.8 Å². The smallest absolute Gasteiger partial charge is 0.349 e. The molecule has 194 valence electrons. The highest BCUT2D eigenvalue weighted by Gasteiger charge is 2.23. The van der Waals surface area contributed by atoms with Crippen LogP contribution < -0.4 is 16.0 Å². The van der Waals surface area contributed by atoms with Gasteiger partial charge in [-0.2, -0.15) is 3.97 Å². The summed E-state index contributed by atoms with van der Waals surface area (Å²) in [6.45, 7) is -1.55. The van der Waals surface area contributed by atoms with E-state index in [9.17, 15) is 36.7 Å². The third-order valence-electron chi connectivity index (χ3n) is 5.26. The highest BCUT2D eigenvalue weighted by molar-refractivity contribution is 7.89. The SMILES string of the molecule is CS(=O)(=O)n1c(=O)n(C(=O)CO)c2ccc(Cn3cnc(OCc4ccc(F)cc4F)c(Cl)c3=O)cc21. The van der Waals surface area contributed by atoms with Gasteiger partial charge >= 0.3 is 5.69 Å². The van der Waals surface area contributed by atoms with Crippen molar-refractivity contribution in [2.24, 2.45) is 0 Å². The van der Waals surface area contributed by atoms with Crippen molar-refractivity contribution in [3.05, 3.63) is 91.3 Å². The van der Waals surface area contributed by atoms with Gasteiger partial charge in [0, 0.05) is 11.6 Å². The minimum Gasteiger partial charge on any atom is -0.471 e. The molecule has 0 aliphatic carbocycles. The predicted molar refractivity (Wildman–Crippen MR) is 127 cm³/mol. The Morgan fingerprint density at radius 2 is 1.86 bits per heavy atom. The molecule has 0 aliphatic heterocycles. The zero-order valence-corrected chi connectivity index (χ0v) is 20.5. The third-order valence-corrected chi connectivity index (χ3v) is 6.60. The number of benzene rings is 2. The van der Waals surface area contributed by atoms with Crippen molar-refractivity contribution in [1.82, 2.24) is 18.1 Å². The van der Waals surface area contributed by atoms with Gasteiger partial charge < -0.3 is 9.84 Å². The second-order valence-corrected chi connectivity index (χ2v) is 10.1. The number of aliphatic hydroxyl groups is 1. The van der Waals surface area contributed by atoms with E-state index in [4.69, 9.17) is 16.3 Å². The van der Waals surface area contributed by atoms with Gasteiger partial charge in [-0.05, 0) is 29.8 Å². The molecular weight excluding hydrogens is 538 g/mol. The first-order chi connectivity index (χ1) is 17.4. The maximum absolute atomic E-state index is 13.8. The Labute approximate surface area is 211 Å². The zero-order valence-electron chi connectivity index (χ0n) is 18.9. The van der Waals surface area contributed by atoms with Crippen LogP contribution in [0, 0.1) is 11.6 Å². The number of aliphatic hydroxyl groups excluding tert-OH is 1. The first-order valence-electron chi connectivity index (χ1n) is 10.3. The number of hydrogen-bond donors (Lipinski definition) is 1. The molecular formula is C22H17ClF2N4O7S. The number of carbonyl (C=O) groups is 1. The van der Waals surface area contributed by atoms with Gasteiger partial charge in [-0.25, -0.2) is 31.5 Å². The lowest BCUT2D eigenvalue weighted by Crippen LogP contribution is -2.33. The van der Waals surface area contributed by atoms with Crippen molar-refractivity contribution >= 4 is 38.6 Å². The Balaban J connectivity index is 1.67. The number of halogens is 3. The fourth-order valence-electron chi connectivity index (χ4n) is 3.59. The van der Waals surface area contributed by atoms with Crippen LogP contribution in [0.1, 0.15) is 15.9 Å². The number of rotatable bonds is 7. The number of nitrogens with zero attached hydrogens (tertiary/aromatic N) is 4. The molecule has 0 saturated heterocycles. The molecule has 0 radical (unpaired) electrons. The van der Waals surface area contributed by atoms with Gasteiger partial charge in [0.15, 0.2) is 5.02 Å². The maximum Gasteiger partial charge on any atom is 0.349 e. The van der Waals surface area contributed by atoms with Crippen LogP contribution in [0.3, 0.4) is 0 Å². The van der Waals surface area contributed by atoms with Gasteiger partial charge in [0.25, 0.3) is 11.5 Å². The molecule has 0 aliphatic rings. The highest BCUT2D eigenvalue weighted by atomic mass is 35.5. The molecule has 0 fully saturated rings. The lowest BCUT2D eigenvalue weighted by molar-refractivity contribution is 0.0819. The van der Waals surface area contributed by atoms with Crippen molar-refractivity contribution in [2.45, 2.75) is 13.2 Å². The molecule has 0 bridgehead atoms. The molecule has 0 amide bonds. The van der Waals surface area contributed by atoms with Gasteiger partial charge in [0.2, 0.25) is 15.9 Å². The van der Waals surface area contributed by atoms with E-state index in [0.717, 1.165) is 23.2 Å². The Hall–Kier alpha value is -3.88. The molecule has 1 N–H and O–H groups in total. The molecule has 0 unspecified atom stereocenters. The number of hydrogen-bond acceptors (Lipinski definition) is 8. The van der Waals surface area contributed by atoms with Gasteiger partial charge in [-0.15, -0.1) is 0 Å². The topological polar surface area (TPSA) is 142 Å². The van der Waals surface area contributed by atoms with Gasteiger partial charge in [0.05, 0.1) is 23.8 Å². The summed E-state index contributed by atoms with van der Waals surface area (Å²) in [5.41, 5.74) is -1.74. The van der Waals surface area contributed by atoms with Crippen molar-refractivity contribution in [3.8, 4) is 5.88 Å². The maximum atomic E-state index is 13.8. The minimum atomic E-state index is -4.14. The molecule has 11 nitrogen and oxygen atoms in total. The summed E-state index contributed by atoms with van der Waals surface area (Å²) in [7, 11) is -4.14. The van der Waals surface area contributed by atoms with Crippen LogP contribution in [0.25, 0.3) is 11.0 Å². The van der Waals surface area contributed by atoms with Crippen LogP contribution >= 0.6 is 11.6 Å². The van der Waals surface area contributed by atoms with Gasteiger partial charge in [0.1, 0.15) is 31.2 Å². The fourth-order valence-corrected chi connectivity index (χ4v) is 4.67. The Morgan fingerprint density at radius 1 is 1.14 bits per heavy atom. The van der Waals surface area contributed by atoms with Gasteiger partial charge in [-0.1, -0.05) is 17.7 Å². The monoisotopic (exact) mass is 554 g/mol. The molecule has 0 saturated carbocycles. The Morgan fingerprint density at radius 3 is 2.51 bits per heavy atom. The summed E-state index contributed by atoms with van der Waals surface area (Å²) < 4.78 is 58.7. The van der Waals surface area contributed by atoms with Crippen molar-refractivity contribution in [3.63, 3.8) is 0 Å². The lowest BCUT2D eigenvalue weighted by Gasteiger charge is -2.11. The number of ether oxygens (including phenoxy) is 1. The van der Waals surface area contributed by atoms with Gasteiger partial charge in [-0.3, -0.25) is 14.2 Å². The summed E-state index contributed by atoms with van der Waals surface area (Å²) in [4.78, 5) is 41.4. The first-order valence-corrected chi connectivity index (χ1v) is 12.6. The highest BCUT2D eigenvalue weighted by Crippen LogP contribution is 2.21. The standard InChI is InChI=1S/C22H17ClF2N4O7S/c1-37(34,35)29-17-6-12(2-5-16(17)28(22(29)33)18(31)9-30)8-27-11-26-20(19(23)21(27)32)36-10-13-3-4-14(24)7-15(13)25/h2-7,11,30H,8-10H2,1H3. The van der Waals surface area contributed by atoms with Crippen molar-refractivity contribution in [2.75, 3.05) is 12.9 Å². The minimum absolute atomic E-state index is 0.0142. The Kier molecular flexibility index (Phi) is 6.99. The van der Waals surface area contributed by atoms with E-state index in [1.165, 1.54) is 24.3 Å². The summed E-state index contributed by atoms with van der Waals surface area (Å²) in [6, 6.07) is 6.94. The zero-order chi connectivity index (χ0) is 27.1. The largest absolute Gasteiger partial charge is 0.471 e. The van der Waals surface area contributed by atoms with E-state index >= 15 is 0 Å². The molecule has 2 heterocycles. The van der Waals surface area contributed by atoms with Crippen LogP contribution in [-0.2, 0) is 23.2 Å². The van der Waals surface area contributed by atoms with Crippen LogP contribution in [0.15, 0.2) is 52.3 Å². The van der Waals surface area contributed by atoms with Crippen LogP contribution in [0.4, 0.5) is 8.78 Å². The van der Waals surface area contributed by atoms with E-state index in [2.05, 4.69) is 4.98 Å². The van der Waals surface area contributed by atoms with Crippen molar-refractivity contribution in [1.29, 1.82) is 0 Å². The number of aromatic nitrogens is 4. The molecule has 4 rings (SSSR count). The second-order valence-electron chi connectivity index (χ2n) is 7.84. The van der Waals surface area contributed by atoms with Crippen LogP contribution in [0.2, 0.25) is 5.02 Å². The Bertz CT molecular complexity index is 1780. The fraction of sp³-hybridized carbons (Fsp3) is 0.182. The summed E-state index contributed by atoms with van der Waals surface area (Å²) in [6.07, 6.45) is 1.87. The van der Waals surface area contributed by atoms with Crippen LogP contribution in [0.5, 0.6) is 5.88 Å². The summed E-state index contributed by atoms with van der Waals surface area (Å²) >= 11 is 6.09. The third kappa shape index (κ3) is 5.03. The van der Waals surface area contributed by atoms with E-state index < -0.39 is 50.4 Å². The van der Waals surface area contributed by atoms with E-state index in [1.54, 1.807) is 0 Å². The molecule has 2 aromatic heterocycles. The molecule has 37 heavy (non-hydrogen) atoms. The average Bonchev–Trinajstić information content (AvgIpc) is 3.13. The number of carbonyl (C=O) groups excluding carboxylic acids is 1. The summed E-state index contributed by atoms with van der Waals surface area (Å²) in [5.74, 6) is -2.91. The van der Waals surface area contributed by atoms with E-state index in [1.807, 2.05) is 0 Å².